The van der Waals surface area contributed by atoms with Crippen molar-refractivity contribution in [2.24, 2.45) is 11.8 Å². The van der Waals surface area contributed by atoms with E-state index in [0.29, 0.717) is 19.4 Å². The Balaban J connectivity index is 1.31. The Morgan fingerprint density at radius 3 is 2.72 bits per heavy atom. The van der Waals surface area contributed by atoms with Crippen molar-refractivity contribution in [2.75, 3.05) is 19.6 Å². The van der Waals surface area contributed by atoms with E-state index in [2.05, 4.69) is 11.4 Å². The fraction of sp³-hybridized carbons (Fsp3) is 0.810. The zero-order valence-corrected chi connectivity index (χ0v) is 15.6. The molecular weight excluding hydrogens is 312 g/mol. The molecule has 2 aliphatic carbocycles. The molecule has 1 atom stereocenters. The third kappa shape index (κ3) is 5.58. The molecule has 1 heterocycles. The van der Waals surface area contributed by atoms with Crippen LogP contribution in [0, 0.1) is 11.8 Å². The average molecular weight is 347 g/mol. The predicted octanol–water partition coefficient (Wildman–Crippen LogP) is 3.81. The van der Waals surface area contributed by atoms with Crippen molar-refractivity contribution in [3.05, 3.63) is 11.6 Å². The summed E-state index contributed by atoms with van der Waals surface area (Å²) in [5.41, 5.74) is 1.47. The second-order valence-electron chi connectivity index (χ2n) is 8.15. The second-order valence-corrected chi connectivity index (χ2v) is 8.15. The van der Waals surface area contributed by atoms with E-state index >= 15 is 0 Å². The van der Waals surface area contributed by atoms with Crippen molar-refractivity contribution in [1.29, 1.82) is 0 Å². The number of amides is 2. The molecule has 3 rings (SSSR count). The molecule has 0 aromatic rings. The topological polar surface area (TPSA) is 49.4 Å². The lowest BCUT2D eigenvalue weighted by atomic mass is 9.82. The standard InChI is InChI=1S/C21H34N2O2/c24-20(11-10-17-6-2-1-3-7-17)22-14-12-21(25)23-15-13-18-8-4-5-9-19(18)16-23/h9,17-18H,1-8,10-16H2,(H,22,24). The molecule has 25 heavy (non-hydrogen) atoms. The van der Waals surface area contributed by atoms with Crippen molar-refractivity contribution in [1.82, 2.24) is 10.2 Å². The van der Waals surface area contributed by atoms with Crippen molar-refractivity contribution in [3.8, 4) is 0 Å². The molecule has 4 heteroatoms. The molecule has 0 bridgehead atoms. The molecule has 1 saturated heterocycles. The van der Waals surface area contributed by atoms with Gasteiger partial charge in [-0.25, -0.2) is 0 Å². The minimum atomic E-state index is 0.118. The van der Waals surface area contributed by atoms with E-state index in [1.54, 1.807) is 0 Å². The Bertz CT molecular complexity index is 494. The minimum Gasteiger partial charge on any atom is -0.356 e. The van der Waals surface area contributed by atoms with Crippen LogP contribution in [-0.4, -0.2) is 36.3 Å². The van der Waals surface area contributed by atoms with Gasteiger partial charge in [0.2, 0.25) is 11.8 Å². The summed E-state index contributed by atoms with van der Waals surface area (Å²) in [6.45, 7) is 2.19. The molecule has 1 saturated carbocycles. The Kier molecular flexibility index (Phi) is 6.94. The Hall–Kier alpha value is -1.32. The highest BCUT2D eigenvalue weighted by Crippen LogP contribution is 2.32. The monoisotopic (exact) mass is 346 g/mol. The van der Waals surface area contributed by atoms with Gasteiger partial charge in [0, 0.05) is 32.5 Å². The van der Waals surface area contributed by atoms with Crippen LogP contribution in [0.4, 0.5) is 0 Å². The van der Waals surface area contributed by atoms with Gasteiger partial charge in [0.05, 0.1) is 0 Å². The molecule has 3 aliphatic rings. The largest absolute Gasteiger partial charge is 0.356 e. The smallest absolute Gasteiger partial charge is 0.224 e. The van der Waals surface area contributed by atoms with E-state index in [9.17, 15) is 9.59 Å². The molecule has 0 spiro atoms. The van der Waals surface area contributed by atoms with Crippen LogP contribution in [0.5, 0.6) is 0 Å². The highest BCUT2D eigenvalue weighted by molar-refractivity contribution is 5.79. The number of nitrogens with one attached hydrogen (secondary N) is 1. The highest BCUT2D eigenvalue weighted by Gasteiger charge is 2.27. The lowest BCUT2D eigenvalue weighted by Gasteiger charge is -2.36. The van der Waals surface area contributed by atoms with E-state index in [1.165, 1.54) is 56.9 Å². The van der Waals surface area contributed by atoms with Crippen molar-refractivity contribution < 1.29 is 9.59 Å². The van der Waals surface area contributed by atoms with E-state index in [4.69, 9.17) is 0 Å². The van der Waals surface area contributed by atoms with Gasteiger partial charge < -0.3 is 10.2 Å². The summed E-state index contributed by atoms with van der Waals surface area (Å²) in [4.78, 5) is 26.4. The van der Waals surface area contributed by atoms with Crippen LogP contribution in [0.1, 0.15) is 77.0 Å². The maximum atomic E-state index is 12.4. The molecule has 0 radical (unpaired) electrons. The van der Waals surface area contributed by atoms with Crippen LogP contribution in [0.2, 0.25) is 0 Å². The van der Waals surface area contributed by atoms with Gasteiger partial charge in [-0.1, -0.05) is 43.8 Å². The van der Waals surface area contributed by atoms with E-state index in [0.717, 1.165) is 37.8 Å². The first-order valence-electron chi connectivity index (χ1n) is 10.5. The second kappa shape index (κ2) is 9.40. The SMILES string of the molecule is O=C(CCC1CCCCC1)NCCC(=O)N1CCC2CCCC=C2C1. The molecule has 1 unspecified atom stereocenters. The number of carbonyl (C=O) groups excluding carboxylic acids is 2. The van der Waals surface area contributed by atoms with E-state index in [-0.39, 0.29) is 11.8 Å². The summed E-state index contributed by atoms with van der Waals surface area (Å²) in [5.74, 6) is 1.77. The fourth-order valence-electron chi connectivity index (χ4n) is 4.72. The Labute approximate surface area is 152 Å². The van der Waals surface area contributed by atoms with Crippen molar-refractivity contribution in [2.45, 2.75) is 77.0 Å². The number of carbonyl (C=O) groups is 2. The van der Waals surface area contributed by atoms with Crippen LogP contribution in [0.3, 0.4) is 0 Å². The molecular formula is C21H34N2O2. The number of piperidine rings is 1. The van der Waals surface area contributed by atoms with Crippen LogP contribution in [0.25, 0.3) is 0 Å². The van der Waals surface area contributed by atoms with E-state index < -0.39 is 0 Å². The lowest BCUT2D eigenvalue weighted by molar-refractivity contribution is -0.131. The number of hydrogen-bond acceptors (Lipinski definition) is 2. The van der Waals surface area contributed by atoms with Gasteiger partial charge >= 0.3 is 0 Å². The number of rotatable bonds is 6. The normalized spacial score (nSPS) is 24.4. The number of fused-ring (bicyclic) bond motifs is 1. The summed E-state index contributed by atoms with van der Waals surface area (Å²) >= 11 is 0. The first-order valence-corrected chi connectivity index (χ1v) is 10.5. The van der Waals surface area contributed by atoms with Crippen LogP contribution in [-0.2, 0) is 9.59 Å². The summed E-state index contributed by atoms with van der Waals surface area (Å²) in [7, 11) is 0. The molecule has 1 aliphatic heterocycles. The molecule has 2 fully saturated rings. The summed E-state index contributed by atoms with van der Waals surface area (Å²) < 4.78 is 0. The van der Waals surface area contributed by atoms with Crippen LogP contribution < -0.4 is 5.32 Å². The molecule has 140 valence electrons. The number of nitrogens with zero attached hydrogens (tertiary/aromatic N) is 1. The van der Waals surface area contributed by atoms with Gasteiger partial charge in [0.15, 0.2) is 0 Å². The minimum absolute atomic E-state index is 0.118. The van der Waals surface area contributed by atoms with Gasteiger partial charge in [-0.05, 0) is 43.9 Å². The third-order valence-corrected chi connectivity index (χ3v) is 6.33. The molecule has 2 amide bonds. The van der Waals surface area contributed by atoms with Crippen molar-refractivity contribution >= 4 is 11.8 Å². The first-order chi connectivity index (χ1) is 12.2. The fourth-order valence-corrected chi connectivity index (χ4v) is 4.72. The maximum absolute atomic E-state index is 12.4. The first kappa shape index (κ1) is 18.5. The Morgan fingerprint density at radius 2 is 1.88 bits per heavy atom. The zero-order valence-electron chi connectivity index (χ0n) is 15.6. The molecule has 1 N–H and O–H groups in total. The van der Waals surface area contributed by atoms with E-state index in [1.807, 2.05) is 4.90 Å². The number of likely N-dealkylation sites (tertiary alicyclic amines) is 1. The zero-order chi connectivity index (χ0) is 17.5. The highest BCUT2D eigenvalue weighted by atomic mass is 16.2. The van der Waals surface area contributed by atoms with Gasteiger partial charge in [0.25, 0.3) is 0 Å². The molecule has 4 nitrogen and oxygen atoms in total. The van der Waals surface area contributed by atoms with Crippen LogP contribution >= 0.6 is 0 Å². The average Bonchev–Trinajstić information content (AvgIpc) is 2.66. The summed E-state index contributed by atoms with van der Waals surface area (Å²) in [6, 6.07) is 0. The van der Waals surface area contributed by atoms with Crippen molar-refractivity contribution in [3.63, 3.8) is 0 Å². The predicted molar refractivity (Wildman–Crippen MR) is 100 cm³/mol. The van der Waals surface area contributed by atoms with Gasteiger partial charge in [0.1, 0.15) is 0 Å². The van der Waals surface area contributed by atoms with Gasteiger partial charge in [-0.3, -0.25) is 9.59 Å². The molecule has 0 aromatic heterocycles. The lowest BCUT2D eigenvalue weighted by Crippen LogP contribution is -2.41. The van der Waals surface area contributed by atoms with Gasteiger partial charge in [-0.2, -0.15) is 0 Å². The summed E-state index contributed by atoms with van der Waals surface area (Å²) in [6.07, 6.45) is 15.9. The Morgan fingerprint density at radius 1 is 1.04 bits per heavy atom. The summed E-state index contributed by atoms with van der Waals surface area (Å²) in [5, 5.41) is 2.95. The maximum Gasteiger partial charge on any atom is 0.224 e. The molecule has 0 aromatic carbocycles. The number of hydrogen-bond donors (Lipinski definition) is 1. The van der Waals surface area contributed by atoms with Crippen LogP contribution in [0.15, 0.2) is 11.6 Å². The quantitative estimate of drug-likeness (QED) is 0.744. The third-order valence-electron chi connectivity index (χ3n) is 6.33. The van der Waals surface area contributed by atoms with Gasteiger partial charge in [-0.15, -0.1) is 0 Å². The number of allylic oxidation sites excluding steroid dienone is 1.